The molecule has 2 nitrogen and oxygen atoms in total. The monoisotopic (exact) mass is 1230 g/mol. The Morgan fingerprint density at radius 1 is 0.188 bits per heavy atom. The smallest absolute Gasteiger partial charge is 0.143 e. The van der Waals surface area contributed by atoms with E-state index in [4.69, 9.17) is 19.8 Å². The van der Waals surface area contributed by atoms with Gasteiger partial charge < -0.3 is 8.83 Å². The molecular formula is C94H58O2. The number of fused-ring (bicyclic) bond motifs is 14. The molecule has 0 N–H and O–H groups in total. The number of rotatable bonds is 7. The molecule has 18 aromatic carbocycles. The number of hydrogen-bond acceptors (Lipinski definition) is 2. The summed E-state index contributed by atoms with van der Waals surface area (Å²) in [5.41, 5.74) is 12.1. The van der Waals surface area contributed by atoms with Crippen molar-refractivity contribution in [3.63, 3.8) is 0 Å². The van der Waals surface area contributed by atoms with Gasteiger partial charge in [-0.15, -0.1) is 0 Å². The minimum Gasteiger partial charge on any atom is -0.455 e. The van der Waals surface area contributed by atoms with Crippen LogP contribution in [0.5, 0.6) is 0 Å². The molecule has 0 spiro atoms. The molecule has 20 rings (SSSR count). The normalized spacial score (nSPS) is 14.1. The third-order valence-electron chi connectivity index (χ3n) is 18.8. The van der Waals surface area contributed by atoms with E-state index in [1.54, 1.807) is 0 Å². The largest absolute Gasteiger partial charge is 0.455 e. The molecule has 446 valence electrons. The fraction of sp³-hybridized carbons (Fsp3) is 0. The van der Waals surface area contributed by atoms with E-state index in [1.165, 1.54) is 0 Å². The van der Waals surface area contributed by atoms with Crippen LogP contribution >= 0.6 is 0 Å². The lowest BCUT2D eigenvalue weighted by atomic mass is 9.83. The van der Waals surface area contributed by atoms with Gasteiger partial charge in [-0.25, -0.2) is 0 Å². The highest BCUT2D eigenvalue weighted by molar-refractivity contribution is 6.27. The highest BCUT2D eigenvalue weighted by Gasteiger charge is 2.22. The maximum Gasteiger partial charge on any atom is 0.143 e. The van der Waals surface area contributed by atoms with Crippen LogP contribution in [-0.2, 0) is 0 Å². The maximum atomic E-state index is 9.42. The van der Waals surface area contributed by atoms with E-state index in [0.717, 1.165) is 110 Å². The van der Waals surface area contributed by atoms with E-state index in [-0.39, 0.29) is 91.4 Å². The van der Waals surface area contributed by atoms with Crippen molar-refractivity contribution in [3.05, 3.63) is 351 Å². The number of furan rings is 2. The highest BCUT2D eigenvalue weighted by Crippen LogP contribution is 2.49. The van der Waals surface area contributed by atoms with Crippen LogP contribution in [0, 0.1) is 0 Å². The third kappa shape index (κ3) is 9.02. The van der Waals surface area contributed by atoms with Gasteiger partial charge in [0.05, 0.1) is 21.9 Å². The van der Waals surface area contributed by atoms with Gasteiger partial charge in [-0.1, -0.05) is 321 Å². The Hall–Kier alpha value is -12.6. The van der Waals surface area contributed by atoms with Crippen molar-refractivity contribution in [2.45, 2.75) is 0 Å². The molecule has 0 unspecified atom stereocenters. The third-order valence-corrected chi connectivity index (χ3v) is 18.8. The van der Waals surface area contributed by atoms with E-state index in [2.05, 4.69) is 6.07 Å². The summed E-state index contributed by atoms with van der Waals surface area (Å²) in [6.07, 6.45) is 0. The number of benzene rings is 18. The predicted molar refractivity (Wildman–Crippen MR) is 408 cm³/mol. The maximum absolute atomic E-state index is 9.42. The number of para-hydroxylation sites is 4. The SMILES string of the molecule is [2H]c1c([2H])c([2H])c2c(-c3cc4ccccc4c4ccccc34)c3c([2H])c([2H])c([2H])c([2H])c3c(-c3ccc(-c4cccc5c4oc4ccccc45)cc3)c2c1[2H].[2H]c1c([2H])c([2H])c2c(-c3ccc4cc(-c5ccccc5)ccc4c3)c3c([2H])c([2H])c([2H])c([2H])c3c(-c3ccc(-c4cccc5c4oc4ccccc45)cc3)c2c1[2H]. The predicted octanol–water partition coefficient (Wildman–Crippen LogP) is 26.9. The summed E-state index contributed by atoms with van der Waals surface area (Å²) in [6.45, 7) is 0. The minimum atomic E-state index is -0.431. The summed E-state index contributed by atoms with van der Waals surface area (Å²) in [7, 11) is 0. The van der Waals surface area contributed by atoms with Crippen molar-refractivity contribution in [2.24, 2.45) is 0 Å². The second-order valence-corrected chi connectivity index (χ2v) is 24.0. The Kier molecular flexibility index (Phi) is 9.67. The topological polar surface area (TPSA) is 26.3 Å². The van der Waals surface area contributed by atoms with Crippen LogP contribution in [-0.4, -0.2) is 0 Å². The molecule has 20 aromatic rings. The molecule has 0 fully saturated rings. The van der Waals surface area contributed by atoms with Gasteiger partial charge in [0.15, 0.2) is 0 Å². The van der Waals surface area contributed by atoms with Gasteiger partial charge in [0, 0.05) is 32.7 Å². The van der Waals surface area contributed by atoms with Crippen molar-refractivity contribution in [1.29, 1.82) is 0 Å². The summed E-state index contributed by atoms with van der Waals surface area (Å²) in [5.74, 6) is 0. The first-order valence-electron chi connectivity index (χ1n) is 39.7. The first-order valence-corrected chi connectivity index (χ1v) is 31.7. The second-order valence-electron chi connectivity index (χ2n) is 24.0. The Morgan fingerprint density at radius 3 is 1.03 bits per heavy atom. The highest BCUT2D eigenvalue weighted by atomic mass is 16.3. The molecule has 0 saturated heterocycles. The Labute approximate surface area is 576 Å². The minimum absolute atomic E-state index is 0.181. The molecule has 96 heavy (non-hydrogen) atoms. The van der Waals surface area contributed by atoms with Crippen molar-refractivity contribution in [3.8, 4) is 77.9 Å². The van der Waals surface area contributed by atoms with Crippen LogP contribution in [0.2, 0.25) is 0 Å². The molecule has 2 aromatic heterocycles. The molecule has 0 atom stereocenters. The Bertz CT molecular complexity index is 7340. The molecule has 0 radical (unpaired) electrons. The Morgan fingerprint density at radius 2 is 0.542 bits per heavy atom. The molecule has 0 amide bonds. The zero-order valence-electron chi connectivity index (χ0n) is 67.1. The Balaban J connectivity index is 0.000000151. The summed E-state index contributed by atoms with van der Waals surface area (Å²) >= 11 is 0. The molecule has 0 aliphatic heterocycles. The average Bonchev–Trinajstić information content (AvgIpc) is 0.990. The summed E-state index contributed by atoms with van der Waals surface area (Å²) in [5, 5.41) is 10.9. The second kappa shape index (κ2) is 22.6. The van der Waals surface area contributed by atoms with Gasteiger partial charge >= 0.3 is 0 Å². The lowest BCUT2D eigenvalue weighted by Crippen LogP contribution is -1.92. The quantitative estimate of drug-likeness (QED) is 0.117. The average molecular weight is 1240 g/mol. The van der Waals surface area contributed by atoms with E-state index >= 15 is 0 Å². The summed E-state index contributed by atoms with van der Waals surface area (Å²) < 4.78 is 158. The van der Waals surface area contributed by atoms with Crippen LogP contribution in [0.3, 0.4) is 0 Å². The van der Waals surface area contributed by atoms with E-state index in [9.17, 15) is 11.0 Å². The van der Waals surface area contributed by atoms with Gasteiger partial charge in [0.25, 0.3) is 0 Å². The van der Waals surface area contributed by atoms with Gasteiger partial charge in [-0.3, -0.25) is 0 Å². The van der Waals surface area contributed by atoms with Crippen LogP contribution < -0.4 is 0 Å². The summed E-state index contributed by atoms with van der Waals surface area (Å²) in [4.78, 5) is 0. The van der Waals surface area contributed by atoms with Crippen LogP contribution in [0.15, 0.2) is 360 Å². The standard InChI is InChI=1S/C48H30O.C46H28O/c1-2-11-31(12-3-1)34-25-26-36-30-37(28-27-35(36)29-34)47-42-16-6-4-14-40(42)46(41-15-5-7-17-43(41)47)33-23-21-32(22-24-33)38-18-10-19-44-39-13-8-9-20-45(39)49-48(38)44;1-2-13-32-31(12-1)28-42(35-15-4-3-14-34(32)35)45-39-19-7-5-17-37(39)44(38-18-6-8-20-40(38)45)30-26-24-29(25-27-30)33-21-11-22-41-36-16-9-10-23-43(36)47-46(33)41/h1-30H;1-28H/i4D,5D,6D,7D,14D,15D,16D,17D;5D,6D,7D,8D,17D,18D,19D,20D. The lowest BCUT2D eigenvalue weighted by molar-refractivity contribution is 0.669. The van der Waals surface area contributed by atoms with E-state index < -0.39 is 48.3 Å². The van der Waals surface area contributed by atoms with Crippen LogP contribution in [0.25, 0.3) is 197 Å². The zero-order valence-corrected chi connectivity index (χ0v) is 51.1. The lowest BCUT2D eigenvalue weighted by Gasteiger charge is -2.19. The molecule has 0 aliphatic rings. The van der Waals surface area contributed by atoms with Gasteiger partial charge in [-0.05, 0) is 173 Å². The summed E-state index contributed by atoms with van der Waals surface area (Å²) in [6, 6.07) is 76.5. The fourth-order valence-corrected chi connectivity index (χ4v) is 14.4. The van der Waals surface area contributed by atoms with Crippen molar-refractivity contribution >= 4 is 119 Å². The fourth-order valence-electron chi connectivity index (χ4n) is 14.4. The van der Waals surface area contributed by atoms with E-state index in [1.807, 2.05) is 249 Å². The zero-order chi connectivity index (χ0) is 77.1. The number of hydrogen-bond donors (Lipinski definition) is 0. The van der Waals surface area contributed by atoms with Crippen molar-refractivity contribution < 1.29 is 30.8 Å². The van der Waals surface area contributed by atoms with Gasteiger partial charge in [-0.2, -0.15) is 0 Å². The molecule has 0 bridgehead atoms. The molecule has 2 heterocycles. The van der Waals surface area contributed by atoms with E-state index in [0.29, 0.717) is 44.5 Å². The molecule has 0 saturated carbocycles. The van der Waals surface area contributed by atoms with Crippen molar-refractivity contribution in [1.82, 2.24) is 0 Å². The van der Waals surface area contributed by atoms with Crippen molar-refractivity contribution in [2.75, 3.05) is 0 Å². The first kappa shape index (κ1) is 41.1. The molecular weight excluding hydrogens is 1160 g/mol. The van der Waals surface area contributed by atoms with Gasteiger partial charge in [0.2, 0.25) is 0 Å². The van der Waals surface area contributed by atoms with Gasteiger partial charge in [0.1, 0.15) is 22.3 Å². The molecule has 2 heteroatoms. The van der Waals surface area contributed by atoms with Crippen LogP contribution in [0.1, 0.15) is 21.9 Å². The first-order chi connectivity index (χ1) is 54.3. The van der Waals surface area contributed by atoms with Crippen LogP contribution in [0.4, 0.5) is 0 Å². The molecule has 0 aliphatic carbocycles.